The van der Waals surface area contributed by atoms with E-state index in [2.05, 4.69) is 5.10 Å². The minimum Gasteiger partial charge on any atom is -0.481 e. The zero-order valence-electron chi connectivity index (χ0n) is 15.3. The molecule has 0 amide bonds. The van der Waals surface area contributed by atoms with Crippen molar-refractivity contribution < 1.29 is 23.1 Å². The second-order valence-electron chi connectivity index (χ2n) is 7.47. The molecule has 1 aromatic heterocycles. The van der Waals surface area contributed by atoms with Gasteiger partial charge in [-0.25, -0.2) is 0 Å². The second-order valence-corrected chi connectivity index (χ2v) is 7.47. The maximum atomic E-state index is 13.4. The van der Waals surface area contributed by atoms with Gasteiger partial charge in [0.05, 0.1) is 11.7 Å². The minimum absolute atomic E-state index is 0.206. The third-order valence-corrected chi connectivity index (χ3v) is 4.09. The summed E-state index contributed by atoms with van der Waals surface area (Å²) < 4.78 is 41.2. The molecular formula is C18H29F3N2O2. The van der Waals surface area contributed by atoms with Crippen LogP contribution in [0.25, 0.3) is 0 Å². The van der Waals surface area contributed by atoms with Crippen LogP contribution in [0.4, 0.5) is 13.2 Å². The van der Waals surface area contributed by atoms with E-state index in [-0.39, 0.29) is 12.0 Å². The molecule has 0 fully saturated rings. The van der Waals surface area contributed by atoms with Crippen molar-refractivity contribution in [1.29, 1.82) is 0 Å². The first kappa shape index (κ1) is 21.5. The lowest BCUT2D eigenvalue weighted by Gasteiger charge is -2.24. The molecule has 0 aliphatic heterocycles. The van der Waals surface area contributed by atoms with E-state index in [1.165, 1.54) is 6.20 Å². The molecule has 1 rings (SSSR count). The number of carboxylic acid groups (broad SMARTS) is 1. The Kier molecular flexibility index (Phi) is 7.96. The normalized spacial score (nSPS) is 12.6. The van der Waals surface area contributed by atoms with Gasteiger partial charge in [0.2, 0.25) is 0 Å². The Morgan fingerprint density at radius 3 is 2.04 bits per heavy atom. The number of aryl methyl sites for hydroxylation is 1. The molecule has 0 unspecified atom stereocenters. The summed E-state index contributed by atoms with van der Waals surface area (Å²) in [6.45, 7) is 5.14. The van der Waals surface area contributed by atoms with Crippen molar-refractivity contribution >= 4 is 5.97 Å². The number of hydrogen-bond acceptors (Lipinski definition) is 2. The second kappa shape index (κ2) is 9.25. The summed E-state index contributed by atoms with van der Waals surface area (Å²) in [6, 6.07) is 0. The first-order chi connectivity index (χ1) is 11.5. The fraction of sp³-hybridized carbons (Fsp3) is 0.778. The number of alkyl halides is 3. The Balaban J connectivity index is 2.41. The number of rotatable bonds is 10. The van der Waals surface area contributed by atoms with Crippen molar-refractivity contribution in [2.24, 2.45) is 0 Å². The summed E-state index contributed by atoms with van der Waals surface area (Å²) in [6.07, 6.45) is 3.62. The molecule has 1 N–H and O–H groups in total. The number of hydrogen-bond donors (Lipinski definition) is 1. The van der Waals surface area contributed by atoms with Crippen LogP contribution in [0.5, 0.6) is 0 Å². The van der Waals surface area contributed by atoms with Crippen molar-refractivity contribution in [3.05, 3.63) is 17.5 Å². The number of aromatic nitrogens is 2. The van der Waals surface area contributed by atoms with E-state index in [1.807, 2.05) is 0 Å². The van der Waals surface area contributed by atoms with Gasteiger partial charge < -0.3 is 5.11 Å². The average Bonchev–Trinajstić information content (AvgIpc) is 2.89. The summed E-state index contributed by atoms with van der Waals surface area (Å²) in [7, 11) is 0. The summed E-state index contributed by atoms with van der Waals surface area (Å²) in [5, 5.41) is 12.5. The molecule has 0 aliphatic carbocycles. The molecule has 0 radical (unpaired) electrons. The van der Waals surface area contributed by atoms with Crippen LogP contribution in [0.15, 0.2) is 6.20 Å². The molecule has 1 aromatic rings. The smallest absolute Gasteiger partial charge is 0.433 e. The monoisotopic (exact) mass is 362 g/mol. The van der Waals surface area contributed by atoms with Crippen LogP contribution in [0.1, 0.15) is 83.4 Å². The van der Waals surface area contributed by atoms with Crippen LogP contribution in [-0.2, 0) is 22.9 Å². The molecule has 25 heavy (non-hydrogen) atoms. The first-order valence-electron chi connectivity index (χ1n) is 8.90. The van der Waals surface area contributed by atoms with Gasteiger partial charge in [-0.2, -0.15) is 18.3 Å². The number of halogens is 3. The molecule has 7 heteroatoms. The summed E-state index contributed by atoms with van der Waals surface area (Å²) in [4.78, 5) is 10.4. The van der Waals surface area contributed by atoms with Gasteiger partial charge in [-0.3, -0.25) is 9.48 Å². The number of aliphatic carboxylic acids is 1. The molecule has 0 aliphatic rings. The van der Waals surface area contributed by atoms with Crippen LogP contribution in [0.3, 0.4) is 0 Å². The topological polar surface area (TPSA) is 55.1 Å². The molecule has 0 atom stereocenters. The largest absolute Gasteiger partial charge is 0.481 e. The molecule has 0 bridgehead atoms. The van der Waals surface area contributed by atoms with E-state index in [0.29, 0.717) is 19.3 Å². The van der Waals surface area contributed by atoms with E-state index in [9.17, 15) is 18.0 Å². The highest BCUT2D eigenvalue weighted by atomic mass is 19.4. The predicted molar refractivity (Wildman–Crippen MR) is 90.5 cm³/mol. The lowest BCUT2D eigenvalue weighted by Crippen LogP contribution is -2.29. The van der Waals surface area contributed by atoms with Crippen LogP contribution in [0.2, 0.25) is 0 Å². The number of nitrogens with zero attached hydrogens (tertiary/aromatic N) is 2. The highest BCUT2D eigenvalue weighted by molar-refractivity contribution is 5.66. The zero-order chi connectivity index (χ0) is 19.1. The molecule has 0 saturated heterocycles. The maximum absolute atomic E-state index is 13.4. The first-order valence-corrected chi connectivity index (χ1v) is 8.90. The lowest BCUT2D eigenvalue weighted by atomic mass is 10.0. The zero-order valence-corrected chi connectivity index (χ0v) is 15.3. The fourth-order valence-electron chi connectivity index (χ4n) is 2.85. The minimum atomic E-state index is -4.40. The standard InChI is InChI=1S/C18H29F3N2O2/c1-17(2,3)23-16(18(19,20)21)14(13-22-23)11-9-7-5-4-6-8-10-12-15(24)25/h13H,4-12H2,1-3H3,(H,24,25). The van der Waals surface area contributed by atoms with Crippen molar-refractivity contribution in [1.82, 2.24) is 9.78 Å². The van der Waals surface area contributed by atoms with Gasteiger partial charge >= 0.3 is 12.1 Å². The highest BCUT2D eigenvalue weighted by Gasteiger charge is 2.40. The average molecular weight is 362 g/mol. The van der Waals surface area contributed by atoms with Crippen LogP contribution in [0, 0.1) is 0 Å². The van der Waals surface area contributed by atoms with Crippen molar-refractivity contribution in [3.63, 3.8) is 0 Å². The van der Waals surface area contributed by atoms with Gasteiger partial charge in [0.15, 0.2) is 0 Å². The molecule has 0 aromatic carbocycles. The SMILES string of the molecule is CC(C)(C)n1ncc(CCCCCCCCCC(=O)O)c1C(F)(F)F. The highest BCUT2D eigenvalue weighted by Crippen LogP contribution is 2.35. The Morgan fingerprint density at radius 2 is 1.56 bits per heavy atom. The maximum Gasteiger partial charge on any atom is 0.433 e. The summed E-state index contributed by atoms with van der Waals surface area (Å²) >= 11 is 0. The third-order valence-electron chi connectivity index (χ3n) is 4.09. The van der Waals surface area contributed by atoms with E-state index in [4.69, 9.17) is 5.11 Å². The van der Waals surface area contributed by atoms with Crippen LogP contribution in [-0.4, -0.2) is 20.9 Å². The number of carboxylic acids is 1. The Labute approximate surface area is 147 Å². The lowest BCUT2D eigenvalue weighted by molar-refractivity contribution is -0.146. The van der Waals surface area contributed by atoms with Crippen molar-refractivity contribution in [2.75, 3.05) is 0 Å². The van der Waals surface area contributed by atoms with Crippen LogP contribution >= 0.6 is 0 Å². The van der Waals surface area contributed by atoms with Gasteiger partial charge in [-0.05, 0) is 40.0 Å². The molecule has 1 heterocycles. The van der Waals surface area contributed by atoms with E-state index in [1.54, 1.807) is 20.8 Å². The third kappa shape index (κ3) is 7.48. The van der Waals surface area contributed by atoms with Gasteiger partial charge in [0, 0.05) is 12.0 Å². The number of carbonyl (C=O) groups is 1. The van der Waals surface area contributed by atoms with Gasteiger partial charge in [-0.1, -0.05) is 32.1 Å². The Morgan fingerprint density at radius 1 is 1.04 bits per heavy atom. The molecular weight excluding hydrogens is 333 g/mol. The van der Waals surface area contributed by atoms with Crippen LogP contribution < -0.4 is 0 Å². The molecule has 0 saturated carbocycles. The molecule has 144 valence electrons. The number of unbranched alkanes of at least 4 members (excludes halogenated alkanes) is 6. The molecule has 0 spiro atoms. The van der Waals surface area contributed by atoms with Gasteiger partial charge in [-0.15, -0.1) is 0 Å². The molecule has 4 nitrogen and oxygen atoms in total. The van der Waals surface area contributed by atoms with E-state index < -0.39 is 23.4 Å². The predicted octanol–water partition coefficient (Wildman–Crippen LogP) is 5.40. The van der Waals surface area contributed by atoms with Gasteiger partial charge in [0.1, 0.15) is 5.69 Å². The van der Waals surface area contributed by atoms with Crippen molar-refractivity contribution in [2.45, 2.75) is 90.3 Å². The summed E-state index contributed by atoms with van der Waals surface area (Å²) in [5.41, 5.74) is -1.07. The van der Waals surface area contributed by atoms with Gasteiger partial charge in [0.25, 0.3) is 0 Å². The fourth-order valence-corrected chi connectivity index (χ4v) is 2.85. The quantitative estimate of drug-likeness (QED) is 0.567. The Hall–Kier alpha value is -1.53. The van der Waals surface area contributed by atoms with E-state index >= 15 is 0 Å². The van der Waals surface area contributed by atoms with Crippen molar-refractivity contribution in [3.8, 4) is 0 Å². The summed E-state index contributed by atoms with van der Waals surface area (Å²) in [5.74, 6) is -0.767. The van der Waals surface area contributed by atoms with E-state index in [0.717, 1.165) is 36.8 Å². The Bertz CT molecular complexity index is 545.